The van der Waals surface area contributed by atoms with Gasteiger partial charge in [-0.2, -0.15) is 0 Å². The highest BCUT2D eigenvalue weighted by atomic mass is 16.3. The van der Waals surface area contributed by atoms with Gasteiger partial charge >= 0.3 is 0 Å². The van der Waals surface area contributed by atoms with Crippen molar-refractivity contribution in [3.63, 3.8) is 0 Å². The van der Waals surface area contributed by atoms with E-state index in [0.29, 0.717) is 22.2 Å². The average Bonchev–Trinajstić information content (AvgIpc) is 3.40. The Morgan fingerprint density at radius 3 is 2.61 bits per heavy atom. The second-order valence-corrected chi connectivity index (χ2v) is 9.64. The summed E-state index contributed by atoms with van der Waals surface area (Å²) in [4.78, 5) is 29.1. The molecule has 1 unspecified atom stereocenters. The summed E-state index contributed by atoms with van der Waals surface area (Å²) in [5.41, 5.74) is 11.4. The predicted molar refractivity (Wildman–Crippen MR) is 141 cm³/mol. The van der Waals surface area contributed by atoms with E-state index in [1.807, 2.05) is 13.0 Å². The molecule has 2 aromatic carbocycles. The molecular weight excluding hydrogens is 456 g/mol. The van der Waals surface area contributed by atoms with Crippen LogP contribution in [0.4, 0.5) is 11.4 Å². The largest absolute Gasteiger partial charge is 0.493 e. The van der Waals surface area contributed by atoms with Gasteiger partial charge in [-0.25, -0.2) is 0 Å². The number of carbonyl (C=O) groups excluding carboxylic acids is 1. The molecule has 1 atom stereocenters. The number of nitrogens with one attached hydrogen (secondary N) is 1. The Morgan fingerprint density at radius 1 is 1.11 bits per heavy atom. The molecule has 0 radical (unpaired) electrons. The molecule has 8 heteroatoms. The van der Waals surface area contributed by atoms with Gasteiger partial charge in [0.1, 0.15) is 11.5 Å². The number of anilines is 1. The summed E-state index contributed by atoms with van der Waals surface area (Å²) in [5, 5.41) is 13.3. The molecule has 4 aromatic rings. The lowest BCUT2D eigenvalue weighted by molar-refractivity contribution is -0.119. The Kier molecular flexibility index (Phi) is 6.26. The van der Waals surface area contributed by atoms with Gasteiger partial charge in [-0.1, -0.05) is 18.2 Å². The Morgan fingerprint density at radius 2 is 1.89 bits per heavy atom. The molecular formula is C28H30N4O4. The number of nitrogens with zero attached hydrogens (tertiary/aromatic N) is 2. The first kappa shape index (κ1) is 23.7. The second-order valence-electron chi connectivity index (χ2n) is 9.64. The van der Waals surface area contributed by atoms with Crippen molar-refractivity contribution in [2.24, 2.45) is 10.9 Å². The van der Waals surface area contributed by atoms with Crippen LogP contribution in [0.1, 0.15) is 47.8 Å². The number of H-pyrrole nitrogens is 1. The molecule has 1 fully saturated rings. The zero-order valence-electron chi connectivity index (χ0n) is 20.5. The predicted octanol–water partition coefficient (Wildman–Crippen LogP) is 5.95. The van der Waals surface area contributed by atoms with E-state index in [2.05, 4.69) is 40.2 Å². The summed E-state index contributed by atoms with van der Waals surface area (Å²) in [6.45, 7) is 6.03. The number of nitrogens with two attached hydrogens (primary N) is 1. The van der Waals surface area contributed by atoms with Gasteiger partial charge in [0, 0.05) is 41.7 Å². The highest BCUT2D eigenvalue weighted by Gasteiger charge is 2.26. The van der Waals surface area contributed by atoms with Crippen molar-refractivity contribution in [2.75, 3.05) is 18.0 Å². The number of primary amides is 1. The topological polar surface area (TPSA) is 125 Å². The van der Waals surface area contributed by atoms with Crippen LogP contribution in [-0.2, 0) is 11.2 Å². The smallest absolute Gasteiger partial charge is 0.225 e. The van der Waals surface area contributed by atoms with Crippen LogP contribution in [0.3, 0.4) is 0 Å². The quantitative estimate of drug-likeness (QED) is 0.278. The van der Waals surface area contributed by atoms with Crippen LogP contribution >= 0.6 is 0 Å². The number of aromatic amines is 1. The summed E-state index contributed by atoms with van der Waals surface area (Å²) in [5.74, 6) is -0.0636. The summed E-state index contributed by atoms with van der Waals surface area (Å²) in [6.07, 6.45) is 3.85. The van der Waals surface area contributed by atoms with Crippen LogP contribution in [0.25, 0.3) is 22.0 Å². The first-order valence-corrected chi connectivity index (χ1v) is 12.3. The van der Waals surface area contributed by atoms with Gasteiger partial charge in [0.15, 0.2) is 5.69 Å². The van der Waals surface area contributed by atoms with Crippen LogP contribution in [0.2, 0.25) is 0 Å². The van der Waals surface area contributed by atoms with Crippen LogP contribution in [0, 0.1) is 18.8 Å². The molecule has 0 bridgehead atoms. The first-order chi connectivity index (χ1) is 17.4. The van der Waals surface area contributed by atoms with Gasteiger partial charge in [-0.15, -0.1) is 4.91 Å². The van der Waals surface area contributed by atoms with E-state index in [4.69, 9.17) is 10.2 Å². The maximum atomic E-state index is 12.6. The van der Waals surface area contributed by atoms with E-state index >= 15 is 0 Å². The Balaban J connectivity index is 1.56. The molecule has 3 heterocycles. The van der Waals surface area contributed by atoms with Crippen LogP contribution in [0.5, 0.6) is 5.88 Å². The van der Waals surface area contributed by atoms with Crippen molar-refractivity contribution < 1.29 is 14.3 Å². The zero-order valence-corrected chi connectivity index (χ0v) is 20.5. The number of hydrogen-bond acceptors (Lipinski definition) is 6. The Labute approximate surface area is 209 Å². The van der Waals surface area contributed by atoms with Crippen LogP contribution in [0.15, 0.2) is 52.1 Å². The van der Waals surface area contributed by atoms with Crippen LogP contribution < -0.4 is 10.6 Å². The molecule has 1 aliphatic rings. The van der Waals surface area contributed by atoms with E-state index in [9.17, 15) is 14.8 Å². The first-order valence-electron chi connectivity index (χ1n) is 12.3. The van der Waals surface area contributed by atoms with E-state index in [-0.39, 0.29) is 18.0 Å². The number of aromatic hydroxyl groups is 1. The van der Waals surface area contributed by atoms with Gasteiger partial charge in [0.25, 0.3) is 0 Å². The molecule has 2 aromatic heterocycles. The average molecular weight is 487 g/mol. The lowest BCUT2D eigenvalue weighted by atomic mass is 9.90. The summed E-state index contributed by atoms with van der Waals surface area (Å²) in [6, 6.07) is 13.6. The fourth-order valence-electron chi connectivity index (χ4n) is 5.27. The highest BCUT2D eigenvalue weighted by Crippen LogP contribution is 2.40. The number of furan rings is 1. The number of hydrogen-bond donors (Lipinski definition) is 3. The van der Waals surface area contributed by atoms with E-state index in [1.54, 1.807) is 18.2 Å². The summed E-state index contributed by atoms with van der Waals surface area (Å²) >= 11 is 0. The summed E-state index contributed by atoms with van der Waals surface area (Å²) < 4.78 is 6.14. The number of piperidine rings is 1. The van der Waals surface area contributed by atoms with Gasteiger partial charge in [-0.05, 0) is 73.7 Å². The van der Waals surface area contributed by atoms with Crippen molar-refractivity contribution in [3.8, 4) is 17.0 Å². The fraction of sp³-hybridized carbons (Fsp3) is 0.321. The maximum absolute atomic E-state index is 12.6. The number of amides is 1. The molecule has 1 amide bonds. The standard InChI is InChI=1S/C28H30N4O4/c1-16-6-8-19(24(12-16)32-10-4-3-5-11-32)21-13-17(2)36-25(21)15-20(27(29)33)18-7-9-23-22(14-18)26(31-35)28(34)30-23/h6-9,12-14,20,30,34H,3-5,10-11,15H2,1-2H3,(H2,29,33). The monoisotopic (exact) mass is 486 g/mol. The molecule has 8 nitrogen and oxygen atoms in total. The Bertz CT molecular complexity index is 1450. The Hall–Kier alpha value is -4.07. The second kappa shape index (κ2) is 9.53. The van der Waals surface area contributed by atoms with E-state index in [1.165, 1.54) is 30.5 Å². The number of rotatable bonds is 7. The van der Waals surface area contributed by atoms with Gasteiger partial charge in [0.2, 0.25) is 11.8 Å². The number of carbonyl (C=O) groups is 1. The zero-order chi connectivity index (χ0) is 25.4. The molecule has 1 saturated heterocycles. The molecule has 186 valence electrons. The molecule has 5 rings (SSSR count). The van der Waals surface area contributed by atoms with Crippen molar-refractivity contribution in [1.82, 2.24) is 4.98 Å². The lowest BCUT2D eigenvalue weighted by Gasteiger charge is -2.31. The lowest BCUT2D eigenvalue weighted by Crippen LogP contribution is -2.29. The van der Waals surface area contributed by atoms with Crippen molar-refractivity contribution in [3.05, 3.63) is 70.0 Å². The normalized spacial score (nSPS) is 14.8. The van der Waals surface area contributed by atoms with E-state index in [0.717, 1.165) is 30.0 Å². The molecule has 0 spiro atoms. The highest BCUT2D eigenvalue weighted by molar-refractivity contribution is 5.96. The molecule has 0 saturated carbocycles. The van der Waals surface area contributed by atoms with Crippen LogP contribution in [-0.4, -0.2) is 29.1 Å². The number of aryl methyl sites for hydroxylation is 2. The fourth-order valence-corrected chi connectivity index (χ4v) is 5.27. The maximum Gasteiger partial charge on any atom is 0.225 e. The molecule has 36 heavy (non-hydrogen) atoms. The van der Waals surface area contributed by atoms with E-state index < -0.39 is 11.8 Å². The van der Waals surface area contributed by atoms with Crippen molar-refractivity contribution in [2.45, 2.75) is 45.4 Å². The minimum absolute atomic E-state index is 0.0876. The number of benzene rings is 2. The third kappa shape index (κ3) is 4.34. The molecule has 4 N–H and O–H groups in total. The third-order valence-electron chi connectivity index (χ3n) is 7.08. The number of aromatic nitrogens is 1. The minimum Gasteiger partial charge on any atom is -0.493 e. The van der Waals surface area contributed by atoms with Crippen molar-refractivity contribution in [1.29, 1.82) is 0 Å². The molecule has 1 aliphatic heterocycles. The van der Waals surface area contributed by atoms with Gasteiger partial charge < -0.3 is 25.1 Å². The number of nitroso groups, excluding NO2 is 1. The van der Waals surface area contributed by atoms with Gasteiger partial charge in [-0.3, -0.25) is 4.79 Å². The third-order valence-corrected chi connectivity index (χ3v) is 7.08. The minimum atomic E-state index is -0.695. The van der Waals surface area contributed by atoms with Crippen molar-refractivity contribution >= 4 is 28.2 Å². The summed E-state index contributed by atoms with van der Waals surface area (Å²) in [7, 11) is 0. The molecule has 0 aliphatic carbocycles. The number of fused-ring (bicyclic) bond motifs is 1. The van der Waals surface area contributed by atoms with Gasteiger partial charge in [0.05, 0.1) is 11.4 Å². The SMILES string of the molecule is Cc1ccc(-c2cc(C)oc2CC(C(N)=O)c2ccc3[nH]c(O)c(N=O)c3c2)c(N2CCCCC2)c1.